The molecule has 0 aliphatic heterocycles. The van der Waals surface area contributed by atoms with Gasteiger partial charge in [0.15, 0.2) is 5.82 Å². The minimum absolute atomic E-state index is 0.149. The van der Waals surface area contributed by atoms with Gasteiger partial charge in [-0.1, -0.05) is 11.6 Å². The molecule has 2 heterocycles. The van der Waals surface area contributed by atoms with Crippen LogP contribution in [0.25, 0.3) is 5.82 Å². The van der Waals surface area contributed by atoms with Gasteiger partial charge in [-0.15, -0.1) is 0 Å². The number of aromatic nitrogens is 3. The predicted octanol–water partition coefficient (Wildman–Crippen LogP) is 3.35. The van der Waals surface area contributed by atoms with Crippen LogP contribution in [-0.2, 0) is 0 Å². The van der Waals surface area contributed by atoms with Crippen molar-refractivity contribution in [3.63, 3.8) is 0 Å². The highest BCUT2D eigenvalue weighted by atomic mass is 35.5. The molecular formula is C20H21ClN4O3. The first-order valence-corrected chi connectivity index (χ1v) is 9.11. The van der Waals surface area contributed by atoms with Gasteiger partial charge in [0, 0.05) is 5.69 Å². The van der Waals surface area contributed by atoms with E-state index in [1.54, 1.807) is 36.1 Å². The number of hydrogen-bond acceptors (Lipinski definition) is 5. The number of halogens is 1. The quantitative estimate of drug-likeness (QED) is 0.615. The van der Waals surface area contributed by atoms with Crippen LogP contribution < -0.4 is 14.8 Å². The Morgan fingerprint density at radius 2 is 1.86 bits per heavy atom. The van der Waals surface area contributed by atoms with Gasteiger partial charge in [-0.25, -0.2) is 9.67 Å². The zero-order chi connectivity index (χ0) is 20.1. The third kappa shape index (κ3) is 4.61. The Kier molecular flexibility index (Phi) is 6.16. The minimum atomic E-state index is -0.369. The molecule has 8 heteroatoms. The summed E-state index contributed by atoms with van der Waals surface area (Å²) in [6.07, 6.45) is 0. The van der Waals surface area contributed by atoms with Gasteiger partial charge >= 0.3 is 0 Å². The van der Waals surface area contributed by atoms with Gasteiger partial charge < -0.3 is 14.8 Å². The third-order valence-corrected chi connectivity index (χ3v) is 4.29. The van der Waals surface area contributed by atoms with Crippen molar-refractivity contribution in [2.45, 2.75) is 13.8 Å². The fourth-order valence-electron chi connectivity index (χ4n) is 2.66. The minimum Gasteiger partial charge on any atom is -0.497 e. The van der Waals surface area contributed by atoms with Crippen molar-refractivity contribution in [3.8, 4) is 17.3 Å². The zero-order valence-corrected chi connectivity index (χ0v) is 16.7. The van der Waals surface area contributed by atoms with E-state index in [4.69, 9.17) is 21.1 Å². The fourth-order valence-corrected chi connectivity index (χ4v) is 2.85. The Labute approximate surface area is 168 Å². The highest BCUT2D eigenvalue weighted by molar-refractivity contribution is 6.33. The van der Waals surface area contributed by atoms with Crippen LogP contribution in [-0.4, -0.2) is 40.9 Å². The maximum Gasteiger partial charge on any atom is 0.271 e. The summed E-state index contributed by atoms with van der Waals surface area (Å²) in [4.78, 5) is 16.8. The number of hydrogen-bond donors (Lipinski definition) is 1. The van der Waals surface area contributed by atoms with Crippen molar-refractivity contribution in [3.05, 3.63) is 64.6 Å². The largest absolute Gasteiger partial charge is 0.497 e. The molecule has 0 saturated heterocycles. The van der Waals surface area contributed by atoms with Crippen LogP contribution in [0.2, 0.25) is 5.02 Å². The normalized spacial score (nSPS) is 10.6. The van der Waals surface area contributed by atoms with E-state index >= 15 is 0 Å². The average molecular weight is 401 g/mol. The molecule has 1 amide bonds. The second-order valence-electron chi connectivity index (χ2n) is 6.12. The van der Waals surface area contributed by atoms with E-state index < -0.39 is 0 Å². The van der Waals surface area contributed by atoms with E-state index in [0.29, 0.717) is 24.7 Å². The zero-order valence-electron chi connectivity index (χ0n) is 15.9. The van der Waals surface area contributed by atoms with Crippen LogP contribution in [0.3, 0.4) is 0 Å². The van der Waals surface area contributed by atoms with Crippen molar-refractivity contribution in [1.29, 1.82) is 0 Å². The van der Waals surface area contributed by atoms with Gasteiger partial charge in [0.25, 0.3) is 5.91 Å². The highest BCUT2D eigenvalue weighted by Crippen LogP contribution is 2.18. The molecule has 3 aromatic rings. The monoisotopic (exact) mass is 400 g/mol. The Morgan fingerprint density at radius 3 is 2.50 bits per heavy atom. The summed E-state index contributed by atoms with van der Waals surface area (Å²) < 4.78 is 12.4. The molecule has 28 heavy (non-hydrogen) atoms. The molecule has 7 nitrogen and oxygen atoms in total. The van der Waals surface area contributed by atoms with Gasteiger partial charge in [0.1, 0.15) is 23.8 Å². The topological polar surface area (TPSA) is 78.3 Å². The summed E-state index contributed by atoms with van der Waals surface area (Å²) in [7, 11) is 1.61. The molecule has 2 aromatic heterocycles. The Hall–Kier alpha value is -3.06. The van der Waals surface area contributed by atoms with Crippen LogP contribution in [0, 0.1) is 13.8 Å². The first kappa shape index (κ1) is 19.7. The molecule has 0 unspecified atom stereocenters. The number of aryl methyl sites for hydroxylation is 2. The Morgan fingerprint density at radius 1 is 1.14 bits per heavy atom. The van der Waals surface area contributed by atoms with Crippen LogP contribution in [0.15, 0.2) is 42.5 Å². The molecule has 1 aromatic carbocycles. The van der Waals surface area contributed by atoms with Gasteiger partial charge in [-0.2, -0.15) is 5.10 Å². The van der Waals surface area contributed by atoms with Crippen LogP contribution >= 0.6 is 11.6 Å². The summed E-state index contributed by atoms with van der Waals surface area (Å²) in [6, 6.07) is 12.5. The standard InChI is InChI=1S/C20H21ClN4O3/c1-13-12-14(2)25(24-13)18-9-8-17(21)19(23-18)20(26)22-10-11-28-16-6-4-15(27-3)5-7-16/h4-9,12H,10-11H2,1-3H3,(H,22,26). The molecule has 146 valence electrons. The van der Waals surface area contributed by atoms with E-state index in [1.807, 2.05) is 32.0 Å². The number of benzene rings is 1. The number of amides is 1. The van der Waals surface area contributed by atoms with Crippen molar-refractivity contribution in [2.24, 2.45) is 0 Å². The van der Waals surface area contributed by atoms with E-state index in [0.717, 1.165) is 17.1 Å². The summed E-state index contributed by atoms with van der Waals surface area (Å²) in [6.45, 7) is 4.45. The van der Waals surface area contributed by atoms with Gasteiger partial charge in [-0.05, 0) is 56.3 Å². The number of ether oxygens (including phenoxy) is 2. The smallest absolute Gasteiger partial charge is 0.271 e. The van der Waals surface area contributed by atoms with Gasteiger partial charge in [0.2, 0.25) is 0 Å². The predicted molar refractivity (Wildman–Crippen MR) is 107 cm³/mol. The maximum absolute atomic E-state index is 12.5. The molecule has 3 rings (SSSR count). The first-order valence-electron chi connectivity index (χ1n) is 8.73. The van der Waals surface area contributed by atoms with E-state index in [2.05, 4.69) is 15.4 Å². The molecular weight excluding hydrogens is 380 g/mol. The SMILES string of the molecule is COc1ccc(OCCNC(=O)c2nc(-n3nc(C)cc3C)ccc2Cl)cc1. The molecule has 0 fully saturated rings. The maximum atomic E-state index is 12.5. The Balaban J connectivity index is 1.60. The van der Waals surface area contributed by atoms with E-state index in [-0.39, 0.29) is 16.6 Å². The lowest BCUT2D eigenvalue weighted by atomic mass is 10.3. The highest BCUT2D eigenvalue weighted by Gasteiger charge is 2.15. The van der Waals surface area contributed by atoms with E-state index in [9.17, 15) is 4.79 Å². The number of rotatable bonds is 7. The molecule has 0 saturated carbocycles. The number of carbonyl (C=O) groups excluding carboxylic acids is 1. The van der Waals surface area contributed by atoms with Gasteiger partial charge in [-0.3, -0.25) is 4.79 Å². The van der Waals surface area contributed by atoms with Crippen LogP contribution in [0.4, 0.5) is 0 Å². The lowest BCUT2D eigenvalue weighted by molar-refractivity contribution is 0.0942. The second kappa shape index (κ2) is 8.75. The number of nitrogens with one attached hydrogen (secondary N) is 1. The van der Waals surface area contributed by atoms with Gasteiger partial charge in [0.05, 0.1) is 24.4 Å². The van der Waals surface area contributed by atoms with Crippen molar-refractivity contribution in [2.75, 3.05) is 20.3 Å². The molecule has 0 radical (unpaired) electrons. The molecule has 0 atom stereocenters. The first-order chi connectivity index (χ1) is 13.5. The lowest BCUT2D eigenvalue weighted by Gasteiger charge is -2.10. The molecule has 0 bridgehead atoms. The van der Waals surface area contributed by atoms with Crippen molar-refractivity contribution >= 4 is 17.5 Å². The summed E-state index contributed by atoms with van der Waals surface area (Å²) in [5.41, 5.74) is 1.94. The number of pyridine rings is 1. The molecule has 0 aliphatic rings. The lowest BCUT2D eigenvalue weighted by Crippen LogP contribution is -2.29. The average Bonchev–Trinajstić information content (AvgIpc) is 3.04. The molecule has 1 N–H and O–H groups in total. The molecule has 0 spiro atoms. The number of methoxy groups -OCH3 is 1. The number of nitrogens with zero attached hydrogens (tertiary/aromatic N) is 3. The number of carbonyl (C=O) groups is 1. The molecule has 0 aliphatic carbocycles. The summed E-state index contributed by atoms with van der Waals surface area (Å²) in [5, 5.41) is 7.42. The van der Waals surface area contributed by atoms with Crippen LogP contribution in [0.1, 0.15) is 21.9 Å². The van der Waals surface area contributed by atoms with E-state index in [1.165, 1.54) is 0 Å². The Bertz CT molecular complexity index is 970. The third-order valence-electron chi connectivity index (χ3n) is 3.99. The van der Waals surface area contributed by atoms with Crippen LogP contribution in [0.5, 0.6) is 11.5 Å². The second-order valence-corrected chi connectivity index (χ2v) is 6.53. The summed E-state index contributed by atoms with van der Waals surface area (Å²) >= 11 is 6.16. The summed E-state index contributed by atoms with van der Waals surface area (Å²) in [5.74, 6) is 1.61. The fraction of sp³-hybridized carbons (Fsp3) is 0.250. The van der Waals surface area contributed by atoms with Crippen molar-refractivity contribution in [1.82, 2.24) is 20.1 Å². The van der Waals surface area contributed by atoms with Crippen molar-refractivity contribution < 1.29 is 14.3 Å².